The molecular formula is C32H29F2N7O3. The summed E-state index contributed by atoms with van der Waals surface area (Å²) in [6, 6.07) is 12.2. The number of ketones is 2. The van der Waals surface area contributed by atoms with E-state index in [0.29, 0.717) is 39.2 Å². The molecule has 0 spiro atoms. The van der Waals surface area contributed by atoms with Crippen molar-refractivity contribution in [3.8, 4) is 5.69 Å². The number of alkyl halides is 1. The van der Waals surface area contributed by atoms with Gasteiger partial charge in [0, 0.05) is 34.8 Å². The van der Waals surface area contributed by atoms with Gasteiger partial charge in [-0.3, -0.25) is 14.4 Å². The summed E-state index contributed by atoms with van der Waals surface area (Å²) in [5.74, 6) is -1.48. The van der Waals surface area contributed by atoms with Crippen molar-refractivity contribution >= 4 is 39.8 Å². The van der Waals surface area contributed by atoms with Gasteiger partial charge in [-0.25, -0.2) is 23.4 Å². The van der Waals surface area contributed by atoms with Crippen molar-refractivity contribution in [1.29, 1.82) is 0 Å². The number of anilines is 2. The highest BCUT2D eigenvalue weighted by Crippen LogP contribution is 2.29. The fourth-order valence-corrected chi connectivity index (χ4v) is 5.73. The van der Waals surface area contributed by atoms with Crippen molar-refractivity contribution in [2.24, 2.45) is 0 Å². The molecule has 2 atom stereocenters. The second-order valence-corrected chi connectivity index (χ2v) is 10.9. The summed E-state index contributed by atoms with van der Waals surface area (Å²) in [5.41, 5.74) is 3.67. The van der Waals surface area contributed by atoms with Gasteiger partial charge in [0.1, 0.15) is 30.5 Å². The summed E-state index contributed by atoms with van der Waals surface area (Å²) < 4.78 is 32.3. The standard InChI is InChI=1S/C32H29F2N7O3/c1-19-9-24(41(38-19)29-6-4-3-5-27(29)34)12-31(43)30-10-21(33)15-40(30)32(44)17-39-16-26(20(2)42)25-11-22(7-8-28(25)39)37-23-13-35-18-36-14-23/h3-9,11,13-14,16,18,21,30,37H,10,12,15,17H2,1-2H3/t21-,30+/m1/s1. The minimum atomic E-state index is -1.36. The lowest BCUT2D eigenvalue weighted by Crippen LogP contribution is -2.43. The second-order valence-electron chi connectivity index (χ2n) is 10.9. The Labute approximate surface area is 251 Å². The highest BCUT2D eigenvalue weighted by molar-refractivity contribution is 6.08. The van der Waals surface area contributed by atoms with Crippen LogP contribution in [0.3, 0.4) is 0 Å². The predicted molar refractivity (Wildman–Crippen MR) is 159 cm³/mol. The first-order valence-corrected chi connectivity index (χ1v) is 14.1. The first kappa shape index (κ1) is 28.8. The third-order valence-corrected chi connectivity index (χ3v) is 7.70. The average Bonchev–Trinajstić information content (AvgIpc) is 3.68. The second kappa shape index (κ2) is 11.8. The van der Waals surface area contributed by atoms with Crippen LogP contribution < -0.4 is 5.32 Å². The van der Waals surface area contributed by atoms with Gasteiger partial charge in [-0.15, -0.1) is 0 Å². The normalized spacial score (nSPS) is 16.4. The number of nitrogens with one attached hydrogen (secondary N) is 1. The number of para-hydroxylation sites is 1. The third kappa shape index (κ3) is 5.70. The Kier molecular flexibility index (Phi) is 7.73. The zero-order valence-corrected chi connectivity index (χ0v) is 24.1. The number of fused-ring (bicyclic) bond motifs is 1. The molecule has 1 saturated heterocycles. The van der Waals surface area contributed by atoms with Crippen LogP contribution in [0.2, 0.25) is 0 Å². The molecule has 0 aliphatic carbocycles. The molecule has 12 heteroatoms. The molecule has 1 fully saturated rings. The summed E-state index contributed by atoms with van der Waals surface area (Å²) in [4.78, 5) is 48.9. The number of halogens is 2. The predicted octanol–water partition coefficient (Wildman–Crippen LogP) is 4.76. The highest BCUT2D eigenvalue weighted by Gasteiger charge is 2.40. The number of hydrogen-bond donors (Lipinski definition) is 1. The topological polar surface area (TPSA) is 115 Å². The van der Waals surface area contributed by atoms with Gasteiger partial charge in [-0.2, -0.15) is 5.10 Å². The minimum absolute atomic E-state index is 0.124. The molecule has 0 bridgehead atoms. The van der Waals surface area contributed by atoms with Crippen molar-refractivity contribution in [3.05, 3.63) is 96.2 Å². The number of carbonyl (C=O) groups excluding carboxylic acids is 3. The minimum Gasteiger partial charge on any atom is -0.353 e. The van der Waals surface area contributed by atoms with Crippen LogP contribution in [-0.2, 0) is 22.6 Å². The number of rotatable bonds is 9. The Hall–Kier alpha value is -5.26. The molecule has 44 heavy (non-hydrogen) atoms. The van der Waals surface area contributed by atoms with E-state index in [1.807, 2.05) is 0 Å². The first-order chi connectivity index (χ1) is 21.2. The summed E-state index contributed by atoms with van der Waals surface area (Å²) in [5, 5.41) is 8.18. The van der Waals surface area contributed by atoms with Crippen LogP contribution in [0.15, 0.2) is 73.4 Å². The maximum atomic E-state index is 14.7. The molecule has 0 radical (unpaired) electrons. The molecule has 10 nitrogen and oxygen atoms in total. The molecule has 1 aliphatic rings. The van der Waals surface area contributed by atoms with E-state index in [0.717, 1.165) is 0 Å². The van der Waals surface area contributed by atoms with E-state index in [9.17, 15) is 23.2 Å². The number of nitrogens with zero attached hydrogens (tertiary/aromatic N) is 6. The van der Waals surface area contributed by atoms with E-state index in [-0.39, 0.29) is 43.2 Å². The number of aryl methyl sites for hydroxylation is 1. The number of aromatic nitrogens is 5. The van der Waals surface area contributed by atoms with Gasteiger partial charge in [0.15, 0.2) is 11.6 Å². The van der Waals surface area contributed by atoms with Gasteiger partial charge in [0.05, 0.1) is 48.5 Å². The van der Waals surface area contributed by atoms with Gasteiger partial charge < -0.3 is 14.8 Å². The van der Waals surface area contributed by atoms with Crippen molar-refractivity contribution in [2.45, 2.75) is 45.4 Å². The molecule has 0 unspecified atom stereocenters. The van der Waals surface area contributed by atoms with Gasteiger partial charge in [-0.1, -0.05) is 12.1 Å². The molecule has 224 valence electrons. The van der Waals surface area contributed by atoms with Crippen molar-refractivity contribution in [3.63, 3.8) is 0 Å². The number of hydrogen-bond acceptors (Lipinski definition) is 7. The molecular weight excluding hydrogens is 568 g/mol. The van der Waals surface area contributed by atoms with Crippen LogP contribution in [-0.4, -0.2) is 65.4 Å². The Morgan fingerprint density at radius 3 is 2.57 bits per heavy atom. The molecule has 2 aromatic carbocycles. The Bertz CT molecular complexity index is 1890. The molecule has 1 aliphatic heterocycles. The van der Waals surface area contributed by atoms with Gasteiger partial charge in [0.25, 0.3) is 0 Å². The van der Waals surface area contributed by atoms with Gasteiger partial charge in [0.2, 0.25) is 5.91 Å². The van der Waals surface area contributed by atoms with Crippen molar-refractivity contribution < 1.29 is 23.2 Å². The molecule has 3 aromatic heterocycles. The van der Waals surface area contributed by atoms with Crippen LogP contribution in [0.25, 0.3) is 16.6 Å². The smallest absolute Gasteiger partial charge is 0.243 e. The van der Waals surface area contributed by atoms with Gasteiger partial charge in [-0.05, 0) is 50.2 Å². The monoisotopic (exact) mass is 597 g/mol. The van der Waals surface area contributed by atoms with Crippen LogP contribution >= 0.6 is 0 Å². The van der Waals surface area contributed by atoms with Crippen LogP contribution in [0.4, 0.5) is 20.2 Å². The molecule has 0 saturated carbocycles. The molecule has 1 N–H and O–H groups in total. The summed E-state index contributed by atoms with van der Waals surface area (Å²) in [7, 11) is 0. The number of amides is 1. The SMILES string of the molecule is CC(=O)c1cn(CC(=O)N2C[C@H](F)C[C@H]2C(=O)Cc2cc(C)nn2-c2ccccc2F)c2ccc(Nc3cncnc3)cc12. The summed E-state index contributed by atoms with van der Waals surface area (Å²) in [6.45, 7) is 2.78. The number of benzene rings is 2. The maximum absolute atomic E-state index is 14.7. The zero-order chi connectivity index (χ0) is 31.0. The fourth-order valence-electron chi connectivity index (χ4n) is 5.73. The van der Waals surface area contributed by atoms with Gasteiger partial charge >= 0.3 is 0 Å². The lowest BCUT2D eigenvalue weighted by Gasteiger charge is -2.24. The quantitative estimate of drug-likeness (QED) is 0.244. The van der Waals surface area contributed by atoms with Crippen molar-refractivity contribution in [1.82, 2.24) is 29.2 Å². The summed E-state index contributed by atoms with van der Waals surface area (Å²) in [6.07, 6.45) is 4.62. The summed E-state index contributed by atoms with van der Waals surface area (Å²) >= 11 is 0. The number of Topliss-reactive ketones (excluding diaryl/α,β-unsaturated/α-hetero) is 2. The van der Waals surface area contributed by atoms with Crippen LogP contribution in [0.5, 0.6) is 0 Å². The van der Waals surface area contributed by atoms with Crippen LogP contribution in [0.1, 0.15) is 35.1 Å². The highest BCUT2D eigenvalue weighted by atomic mass is 19.1. The average molecular weight is 598 g/mol. The number of carbonyl (C=O) groups is 3. The number of likely N-dealkylation sites (tertiary alicyclic amines) is 1. The molecule has 4 heterocycles. The van der Waals surface area contributed by atoms with Crippen molar-refractivity contribution in [2.75, 3.05) is 11.9 Å². The molecule has 1 amide bonds. The van der Waals surface area contributed by atoms with Crippen LogP contribution in [0, 0.1) is 12.7 Å². The largest absolute Gasteiger partial charge is 0.353 e. The molecule has 6 rings (SSSR count). The van der Waals surface area contributed by atoms with E-state index >= 15 is 0 Å². The lowest BCUT2D eigenvalue weighted by atomic mass is 10.0. The van der Waals surface area contributed by atoms with E-state index in [2.05, 4.69) is 20.4 Å². The Morgan fingerprint density at radius 2 is 1.82 bits per heavy atom. The first-order valence-electron chi connectivity index (χ1n) is 14.1. The van der Waals surface area contributed by atoms with E-state index in [4.69, 9.17) is 0 Å². The fraction of sp³-hybridized carbons (Fsp3) is 0.250. The maximum Gasteiger partial charge on any atom is 0.243 e. The zero-order valence-electron chi connectivity index (χ0n) is 24.1. The van der Waals surface area contributed by atoms with E-state index in [1.165, 1.54) is 28.9 Å². The lowest BCUT2D eigenvalue weighted by molar-refractivity contribution is -0.137. The third-order valence-electron chi connectivity index (χ3n) is 7.70. The van der Waals surface area contributed by atoms with E-state index in [1.54, 1.807) is 72.5 Å². The Morgan fingerprint density at radius 1 is 1.05 bits per heavy atom. The van der Waals surface area contributed by atoms with E-state index < -0.39 is 23.9 Å². The Balaban J connectivity index is 1.23. The molecule has 5 aromatic rings.